The lowest BCUT2D eigenvalue weighted by Crippen LogP contribution is -2.18. The van der Waals surface area contributed by atoms with Crippen LogP contribution in [0.5, 0.6) is 0 Å². The number of nitro groups is 1. The predicted octanol–water partition coefficient (Wildman–Crippen LogP) is 2.48. The first-order chi connectivity index (χ1) is 10.6. The van der Waals surface area contributed by atoms with Crippen molar-refractivity contribution in [3.8, 4) is 0 Å². The van der Waals surface area contributed by atoms with Crippen LogP contribution in [-0.4, -0.2) is 21.6 Å². The Labute approximate surface area is 126 Å². The molecule has 1 aliphatic heterocycles. The van der Waals surface area contributed by atoms with Crippen molar-refractivity contribution in [2.24, 2.45) is 0 Å². The highest BCUT2D eigenvalue weighted by atomic mass is 16.6. The quantitative estimate of drug-likeness (QED) is 0.483. The maximum atomic E-state index is 12.3. The second-order valence-corrected chi connectivity index (χ2v) is 5.19. The van der Waals surface area contributed by atoms with Crippen molar-refractivity contribution < 1.29 is 9.66 Å². The Morgan fingerprint density at radius 3 is 2.95 bits per heavy atom. The molecule has 1 aromatic carbocycles. The number of benzene rings is 1. The number of nitro benzene ring substituents is 1. The number of aromatic nitrogens is 2. The van der Waals surface area contributed by atoms with Gasteiger partial charge in [0.15, 0.2) is 0 Å². The van der Waals surface area contributed by atoms with E-state index >= 15 is 0 Å². The smallest absolute Gasteiger partial charge is 0.281 e. The Balaban J connectivity index is 2.32. The van der Waals surface area contributed by atoms with E-state index in [1.807, 2.05) is 4.57 Å². The van der Waals surface area contributed by atoms with Crippen LogP contribution >= 0.6 is 0 Å². The van der Waals surface area contributed by atoms with Gasteiger partial charge in [0.2, 0.25) is 0 Å². The normalized spacial score (nSPS) is 16.3. The summed E-state index contributed by atoms with van der Waals surface area (Å²) in [5.74, 6) is 0.589. The molecule has 0 N–H and O–H groups in total. The van der Waals surface area contributed by atoms with E-state index in [1.54, 1.807) is 19.4 Å². The molecule has 0 aliphatic carbocycles. The number of fused-ring (bicyclic) bond motifs is 3. The van der Waals surface area contributed by atoms with E-state index in [0.29, 0.717) is 11.3 Å². The van der Waals surface area contributed by atoms with Gasteiger partial charge >= 0.3 is 0 Å². The van der Waals surface area contributed by atoms with E-state index in [-0.39, 0.29) is 11.1 Å². The van der Waals surface area contributed by atoms with E-state index in [4.69, 9.17) is 4.74 Å². The molecule has 0 bridgehead atoms. The summed E-state index contributed by atoms with van der Waals surface area (Å²) in [5.41, 5.74) is 0.990. The van der Waals surface area contributed by atoms with Crippen molar-refractivity contribution in [2.45, 2.75) is 25.8 Å². The zero-order valence-electron chi connectivity index (χ0n) is 12.1. The molecule has 1 aliphatic rings. The highest BCUT2D eigenvalue weighted by Gasteiger charge is 2.19. The molecule has 0 saturated heterocycles. The van der Waals surface area contributed by atoms with Crippen molar-refractivity contribution >= 4 is 22.2 Å². The zero-order valence-corrected chi connectivity index (χ0v) is 12.1. The number of hydrogen-bond acceptors (Lipinski definition) is 5. The minimum atomic E-state index is -0.508. The second kappa shape index (κ2) is 5.59. The third kappa shape index (κ3) is 2.34. The van der Waals surface area contributed by atoms with Gasteiger partial charge in [-0.25, -0.2) is 0 Å². The van der Waals surface area contributed by atoms with Gasteiger partial charge in [0.05, 0.1) is 29.2 Å². The Hall–Kier alpha value is -2.70. The molecule has 3 rings (SSSR count). The molecular weight excluding hydrogens is 286 g/mol. The molecule has 2 aromatic rings. The molecular formula is C15H15N3O4. The maximum absolute atomic E-state index is 12.3. The molecule has 7 nitrogen and oxygen atoms in total. The molecule has 1 aromatic heterocycles. The second-order valence-electron chi connectivity index (χ2n) is 5.19. The first-order valence-electron chi connectivity index (χ1n) is 7.03. The predicted molar refractivity (Wildman–Crippen MR) is 81.5 cm³/mol. The van der Waals surface area contributed by atoms with Crippen LogP contribution in [0.3, 0.4) is 0 Å². The molecule has 0 atom stereocenters. The van der Waals surface area contributed by atoms with E-state index < -0.39 is 10.5 Å². The van der Waals surface area contributed by atoms with Crippen molar-refractivity contribution in [1.29, 1.82) is 0 Å². The summed E-state index contributed by atoms with van der Waals surface area (Å²) in [5, 5.41) is 11.2. The summed E-state index contributed by atoms with van der Waals surface area (Å²) in [6.07, 6.45) is 4.32. The summed E-state index contributed by atoms with van der Waals surface area (Å²) < 4.78 is 7.03. The number of methoxy groups -OCH3 is 1. The number of allylic oxidation sites excluding steroid dienone is 1. The molecule has 0 spiro atoms. The van der Waals surface area contributed by atoms with Crippen LogP contribution < -0.4 is 5.56 Å². The minimum absolute atomic E-state index is 0.103. The number of ether oxygens (including phenoxy) is 1. The van der Waals surface area contributed by atoms with Crippen LogP contribution in [0.4, 0.5) is 5.69 Å². The molecule has 0 radical (unpaired) electrons. The Morgan fingerprint density at radius 1 is 1.41 bits per heavy atom. The number of non-ortho nitro benzene ring substituents is 1. The topological polar surface area (TPSA) is 87.3 Å². The lowest BCUT2D eigenvalue weighted by Gasteiger charge is -2.13. The van der Waals surface area contributed by atoms with Crippen LogP contribution in [0.25, 0.3) is 16.5 Å². The molecule has 0 unspecified atom stereocenters. The average molecular weight is 301 g/mol. The standard InChI is InChI=1S/C15H15N3O4/c1-22-9-10-4-2-3-7-17-13-6-5-11(18(20)21)8-12(13)15(19)16-14(10)17/h5-6,8-9H,2-4,7H2,1H3/b10-9-. The van der Waals surface area contributed by atoms with Gasteiger partial charge in [-0.15, -0.1) is 0 Å². The Kier molecular flexibility index (Phi) is 3.62. The third-order valence-electron chi connectivity index (χ3n) is 3.80. The van der Waals surface area contributed by atoms with E-state index in [2.05, 4.69) is 4.98 Å². The molecule has 7 heteroatoms. The summed E-state index contributed by atoms with van der Waals surface area (Å²) >= 11 is 0. The van der Waals surface area contributed by atoms with Gasteiger partial charge in [0, 0.05) is 24.3 Å². The van der Waals surface area contributed by atoms with E-state index in [9.17, 15) is 14.9 Å². The lowest BCUT2D eigenvalue weighted by molar-refractivity contribution is -0.384. The zero-order chi connectivity index (χ0) is 15.7. The van der Waals surface area contributed by atoms with Crippen molar-refractivity contribution in [1.82, 2.24) is 9.55 Å². The highest BCUT2D eigenvalue weighted by molar-refractivity contribution is 5.82. The van der Waals surface area contributed by atoms with Crippen LogP contribution in [0.2, 0.25) is 0 Å². The van der Waals surface area contributed by atoms with Crippen LogP contribution in [0.1, 0.15) is 25.1 Å². The molecule has 114 valence electrons. The first-order valence-corrected chi connectivity index (χ1v) is 7.03. The fraction of sp³-hybridized carbons (Fsp3) is 0.333. The van der Waals surface area contributed by atoms with Gasteiger partial charge in [-0.3, -0.25) is 14.9 Å². The maximum Gasteiger partial charge on any atom is 0.281 e. The van der Waals surface area contributed by atoms with Gasteiger partial charge in [-0.1, -0.05) is 0 Å². The summed E-state index contributed by atoms with van der Waals surface area (Å²) in [6, 6.07) is 4.33. The van der Waals surface area contributed by atoms with Crippen molar-refractivity contribution in [3.05, 3.63) is 50.8 Å². The van der Waals surface area contributed by atoms with Gasteiger partial charge < -0.3 is 9.30 Å². The summed E-state index contributed by atoms with van der Waals surface area (Å²) in [6.45, 7) is 0.720. The van der Waals surface area contributed by atoms with Gasteiger partial charge in [0.1, 0.15) is 5.82 Å². The largest absolute Gasteiger partial charge is 0.504 e. The third-order valence-corrected chi connectivity index (χ3v) is 3.80. The fourth-order valence-electron chi connectivity index (χ4n) is 2.80. The Morgan fingerprint density at radius 2 is 2.23 bits per heavy atom. The number of nitrogens with zero attached hydrogens (tertiary/aromatic N) is 3. The molecule has 22 heavy (non-hydrogen) atoms. The van der Waals surface area contributed by atoms with Crippen molar-refractivity contribution in [2.75, 3.05) is 7.11 Å². The van der Waals surface area contributed by atoms with Crippen molar-refractivity contribution in [3.63, 3.8) is 0 Å². The fourth-order valence-corrected chi connectivity index (χ4v) is 2.80. The molecule has 0 amide bonds. The van der Waals surface area contributed by atoms with Crippen LogP contribution in [0.15, 0.2) is 29.3 Å². The van der Waals surface area contributed by atoms with E-state index in [1.165, 1.54) is 12.1 Å². The van der Waals surface area contributed by atoms with Crippen LogP contribution in [0, 0.1) is 10.1 Å². The average Bonchev–Trinajstić information content (AvgIpc) is 2.70. The highest BCUT2D eigenvalue weighted by Crippen LogP contribution is 2.27. The van der Waals surface area contributed by atoms with Gasteiger partial charge in [-0.2, -0.15) is 4.98 Å². The lowest BCUT2D eigenvalue weighted by atomic mass is 10.1. The number of hydrogen-bond donors (Lipinski definition) is 0. The molecule has 2 heterocycles. The Bertz CT molecular complexity index is 839. The first kappa shape index (κ1) is 14.2. The summed E-state index contributed by atoms with van der Waals surface area (Å²) in [7, 11) is 1.56. The molecule has 0 saturated carbocycles. The van der Waals surface area contributed by atoms with Crippen LogP contribution in [-0.2, 0) is 11.3 Å². The SMILES string of the molecule is CO/C=C1/CCCCn2c1nc(=O)c1cc([N+](=O)[O-])ccc12. The van der Waals surface area contributed by atoms with Gasteiger partial charge in [0.25, 0.3) is 11.2 Å². The summed E-state index contributed by atoms with van der Waals surface area (Å²) in [4.78, 5) is 26.8. The van der Waals surface area contributed by atoms with Gasteiger partial charge in [-0.05, 0) is 25.3 Å². The number of aryl methyl sites for hydroxylation is 1. The minimum Gasteiger partial charge on any atom is -0.504 e. The van der Waals surface area contributed by atoms with E-state index in [0.717, 1.165) is 31.4 Å². The molecule has 0 fully saturated rings. The number of rotatable bonds is 2. The monoisotopic (exact) mass is 301 g/mol.